The van der Waals surface area contributed by atoms with Crippen molar-refractivity contribution in [2.45, 2.75) is 52.0 Å². The molecule has 0 aromatic carbocycles. The molecule has 0 aromatic rings. The maximum atomic E-state index is 5.89. The minimum atomic E-state index is 0.343. The van der Waals surface area contributed by atoms with E-state index in [1.54, 1.807) is 7.11 Å². The summed E-state index contributed by atoms with van der Waals surface area (Å²) in [6.45, 7) is 8.03. The fourth-order valence-electron chi connectivity index (χ4n) is 2.80. The van der Waals surface area contributed by atoms with Crippen molar-refractivity contribution in [3.63, 3.8) is 0 Å². The highest BCUT2D eigenvalue weighted by Crippen LogP contribution is 2.28. The fraction of sp³-hybridized carbons (Fsp3) is 1.00. The van der Waals surface area contributed by atoms with Crippen LogP contribution in [0.5, 0.6) is 0 Å². The second-order valence-corrected chi connectivity index (χ2v) is 5.78. The third kappa shape index (κ3) is 6.72. The Morgan fingerprint density at radius 2 is 2.11 bits per heavy atom. The highest BCUT2D eigenvalue weighted by Gasteiger charge is 2.19. The molecule has 1 aliphatic rings. The van der Waals surface area contributed by atoms with Gasteiger partial charge in [0, 0.05) is 13.7 Å². The van der Waals surface area contributed by atoms with E-state index in [0.717, 1.165) is 44.6 Å². The molecule has 3 unspecified atom stereocenters. The average molecular weight is 257 g/mol. The van der Waals surface area contributed by atoms with Crippen LogP contribution in [0.3, 0.4) is 0 Å². The largest absolute Gasteiger partial charge is 0.383 e. The van der Waals surface area contributed by atoms with Crippen molar-refractivity contribution in [1.82, 2.24) is 5.32 Å². The van der Waals surface area contributed by atoms with E-state index in [0.29, 0.717) is 6.04 Å². The quantitative estimate of drug-likeness (QED) is 0.689. The monoisotopic (exact) mass is 257 g/mol. The molecule has 0 aliphatic heterocycles. The van der Waals surface area contributed by atoms with Gasteiger partial charge in [0.15, 0.2) is 0 Å². The topological polar surface area (TPSA) is 30.5 Å². The predicted molar refractivity (Wildman–Crippen MR) is 75.9 cm³/mol. The summed E-state index contributed by atoms with van der Waals surface area (Å²) in [5, 5.41) is 3.47. The van der Waals surface area contributed by atoms with Crippen LogP contribution < -0.4 is 5.32 Å². The molecular formula is C15H31NO2. The van der Waals surface area contributed by atoms with Gasteiger partial charge < -0.3 is 14.8 Å². The van der Waals surface area contributed by atoms with E-state index in [4.69, 9.17) is 9.47 Å². The number of nitrogens with one attached hydrogen (secondary N) is 1. The standard InChI is InChI=1S/C15H31NO2/c1-4-8-16-15(11-17-3)12-18-10-14-7-5-6-13(2)9-14/h13-16H,4-12H2,1-3H3. The van der Waals surface area contributed by atoms with Gasteiger partial charge in [-0.1, -0.05) is 26.7 Å². The molecule has 3 heteroatoms. The Bertz CT molecular complexity index is 199. The third-order valence-electron chi connectivity index (χ3n) is 3.77. The van der Waals surface area contributed by atoms with Crippen LogP contribution >= 0.6 is 0 Å². The molecule has 0 amide bonds. The van der Waals surface area contributed by atoms with E-state index in [2.05, 4.69) is 19.2 Å². The summed E-state index contributed by atoms with van der Waals surface area (Å²) in [4.78, 5) is 0. The molecule has 0 aromatic heterocycles. The molecule has 0 spiro atoms. The van der Waals surface area contributed by atoms with Crippen molar-refractivity contribution >= 4 is 0 Å². The second-order valence-electron chi connectivity index (χ2n) is 5.78. The SMILES string of the molecule is CCCNC(COC)COCC1CCCC(C)C1. The zero-order valence-corrected chi connectivity index (χ0v) is 12.4. The van der Waals surface area contributed by atoms with Crippen LogP contribution in [0.2, 0.25) is 0 Å². The normalized spacial score (nSPS) is 26.2. The molecule has 0 radical (unpaired) electrons. The lowest BCUT2D eigenvalue weighted by molar-refractivity contribution is 0.0427. The van der Waals surface area contributed by atoms with Crippen molar-refractivity contribution < 1.29 is 9.47 Å². The van der Waals surface area contributed by atoms with Crippen molar-refractivity contribution in [3.8, 4) is 0 Å². The van der Waals surface area contributed by atoms with Crippen LogP contribution in [0.25, 0.3) is 0 Å². The van der Waals surface area contributed by atoms with Gasteiger partial charge in [-0.25, -0.2) is 0 Å². The number of methoxy groups -OCH3 is 1. The van der Waals surface area contributed by atoms with Crippen molar-refractivity contribution in [2.24, 2.45) is 11.8 Å². The maximum Gasteiger partial charge on any atom is 0.0642 e. The van der Waals surface area contributed by atoms with E-state index in [1.165, 1.54) is 25.7 Å². The van der Waals surface area contributed by atoms with Crippen LogP contribution in [0.1, 0.15) is 46.0 Å². The number of hydrogen-bond acceptors (Lipinski definition) is 3. The first-order chi connectivity index (χ1) is 8.76. The van der Waals surface area contributed by atoms with E-state index >= 15 is 0 Å². The Balaban J connectivity index is 2.12. The second kappa shape index (κ2) is 9.76. The summed E-state index contributed by atoms with van der Waals surface area (Å²) < 4.78 is 11.1. The van der Waals surface area contributed by atoms with Crippen molar-refractivity contribution in [3.05, 3.63) is 0 Å². The Morgan fingerprint density at radius 1 is 1.28 bits per heavy atom. The summed E-state index contributed by atoms with van der Waals surface area (Å²) in [6.07, 6.45) is 6.63. The molecule has 0 bridgehead atoms. The first kappa shape index (κ1) is 15.9. The third-order valence-corrected chi connectivity index (χ3v) is 3.77. The molecule has 3 atom stereocenters. The van der Waals surface area contributed by atoms with Gasteiger partial charge in [-0.05, 0) is 37.6 Å². The Labute approximate surface area is 113 Å². The van der Waals surface area contributed by atoms with Crippen molar-refractivity contribution in [2.75, 3.05) is 33.5 Å². The minimum absolute atomic E-state index is 0.343. The average Bonchev–Trinajstić information content (AvgIpc) is 2.36. The van der Waals surface area contributed by atoms with Gasteiger partial charge in [0.25, 0.3) is 0 Å². The zero-order valence-electron chi connectivity index (χ0n) is 12.4. The van der Waals surface area contributed by atoms with Gasteiger partial charge in [-0.3, -0.25) is 0 Å². The van der Waals surface area contributed by atoms with Gasteiger partial charge in [-0.2, -0.15) is 0 Å². The first-order valence-electron chi connectivity index (χ1n) is 7.56. The van der Waals surface area contributed by atoms with Gasteiger partial charge in [0.1, 0.15) is 0 Å². The van der Waals surface area contributed by atoms with Crippen LogP contribution in [0.15, 0.2) is 0 Å². The summed E-state index contributed by atoms with van der Waals surface area (Å²) in [6, 6.07) is 0.343. The molecular weight excluding hydrogens is 226 g/mol. The van der Waals surface area contributed by atoms with Crippen LogP contribution in [0.4, 0.5) is 0 Å². The molecule has 1 rings (SSSR count). The molecule has 18 heavy (non-hydrogen) atoms. The Hall–Kier alpha value is -0.120. The molecule has 108 valence electrons. The highest BCUT2D eigenvalue weighted by molar-refractivity contribution is 4.71. The zero-order chi connectivity index (χ0) is 13.2. The molecule has 1 N–H and O–H groups in total. The van der Waals surface area contributed by atoms with E-state index in [-0.39, 0.29) is 0 Å². The number of ether oxygens (including phenoxy) is 2. The van der Waals surface area contributed by atoms with Crippen LogP contribution in [0, 0.1) is 11.8 Å². The van der Waals surface area contributed by atoms with Gasteiger partial charge in [0.05, 0.1) is 19.3 Å². The molecule has 1 fully saturated rings. The first-order valence-corrected chi connectivity index (χ1v) is 7.56. The summed E-state index contributed by atoms with van der Waals surface area (Å²) in [5.41, 5.74) is 0. The van der Waals surface area contributed by atoms with Crippen molar-refractivity contribution in [1.29, 1.82) is 0 Å². The lowest BCUT2D eigenvalue weighted by Gasteiger charge is -2.27. The smallest absolute Gasteiger partial charge is 0.0642 e. The Kier molecular flexibility index (Phi) is 8.64. The molecule has 1 aliphatic carbocycles. The van der Waals surface area contributed by atoms with E-state index < -0.39 is 0 Å². The van der Waals surface area contributed by atoms with Crippen LogP contribution in [-0.2, 0) is 9.47 Å². The predicted octanol–water partition coefficient (Wildman–Crippen LogP) is 2.84. The molecule has 0 heterocycles. The molecule has 3 nitrogen and oxygen atoms in total. The number of rotatable bonds is 9. The molecule has 1 saturated carbocycles. The fourth-order valence-corrected chi connectivity index (χ4v) is 2.80. The van der Waals surface area contributed by atoms with Gasteiger partial charge >= 0.3 is 0 Å². The number of hydrogen-bond donors (Lipinski definition) is 1. The summed E-state index contributed by atoms with van der Waals surface area (Å²) in [5.74, 6) is 1.67. The lowest BCUT2D eigenvalue weighted by Crippen LogP contribution is -2.38. The summed E-state index contributed by atoms with van der Waals surface area (Å²) in [7, 11) is 1.75. The van der Waals surface area contributed by atoms with Gasteiger partial charge in [-0.15, -0.1) is 0 Å². The highest BCUT2D eigenvalue weighted by atomic mass is 16.5. The lowest BCUT2D eigenvalue weighted by atomic mass is 9.83. The van der Waals surface area contributed by atoms with E-state index in [9.17, 15) is 0 Å². The Morgan fingerprint density at radius 3 is 2.78 bits per heavy atom. The van der Waals surface area contributed by atoms with E-state index in [1.807, 2.05) is 0 Å². The molecule has 0 saturated heterocycles. The minimum Gasteiger partial charge on any atom is -0.383 e. The maximum absolute atomic E-state index is 5.89. The summed E-state index contributed by atoms with van der Waals surface area (Å²) >= 11 is 0. The van der Waals surface area contributed by atoms with Crippen LogP contribution in [-0.4, -0.2) is 39.5 Å². The van der Waals surface area contributed by atoms with Gasteiger partial charge in [0.2, 0.25) is 0 Å².